The number of hydrogen-bond donors (Lipinski definition) is 2. The Labute approximate surface area is 110 Å². The van der Waals surface area contributed by atoms with E-state index in [0.717, 1.165) is 12.8 Å². The van der Waals surface area contributed by atoms with Crippen LogP contribution in [-0.4, -0.2) is 41.1 Å². The Morgan fingerprint density at radius 3 is 2.28 bits per heavy atom. The van der Waals surface area contributed by atoms with E-state index < -0.39 is 12.0 Å². The molecule has 106 valence electrons. The summed E-state index contributed by atoms with van der Waals surface area (Å²) >= 11 is 0. The van der Waals surface area contributed by atoms with E-state index in [0.29, 0.717) is 25.4 Å². The molecule has 1 atom stereocenters. The van der Waals surface area contributed by atoms with Gasteiger partial charge in [-0.05, 0) is 19.3 Å². The quantitative estimate of drug-likeness (QED) is 0.702. The number of hydrogen-bond acceptors (Lipinski definition) is 2. The molecule has 18 heavy (non-hydrogen) atoms. The van der Waals surface area contributed by atoms with Gasteiger partial charge in [0.25, 0.3) is 0 Å². The summed E-state index contributed by atoms with van der Waals surface area (Å²) in [6, 6.07) is -1.06. The molecule has 0 aromatic heterocycles. The summed E-state index contributed by atoms with van der Waals surface area (Å²) in [5.41, 5.74) is 0. The fourth-order valence-corrected chi connectivity index (χ4v) is 1.70. The van der Waals surface area contributed by atoms with Crippen LogP contribution in [0.5, 0.6) is 0 Å². The molecule has 0 rings (SSSR count). The van der Waals surface area contributed by atoms with Gasteiger partial charge in [-0.1, -0.05) is 33.6 Å². The van der Waals surface area contributed by atoms with E-state index in [1.807, 2.05) is 27.7 Å². The fourth-order valence-electron chi connectivity index (χ4n) is 1.70. The molecule has 0 fully saturated rings. The molecule has 5 nitrogen and oxygen atoms in total. The van der Waals surface area contributed by atoms with Crippen LogP contribution in [0.1, 0.15) is 47.0 Å². The third-order valence-corrected chi connectivity index (χ3v) is 2.70. The lowest BCUT2D eigenvalue weighted by molar-refractivity contribution is -0.139. The summed E-state index contributed by atoms with van der Waals surface area (Å²) in [6.07, 6.45) is 2.20. The van der Waals surface area contributed by atoms with Gasteiger partial charge < -0.3 is 15.3 Å². The van der Waals surface area contributed by atoms with Gasteiger partial charge in [0.15, 0.2) is 0 Å². The van der Waals surface area contributed by atoms with E-state index in [-0.39, 0.29) is 6.03 Å². The van der Waals surface area contributed by atoms with E-state index in [1.165, 1.54) is 0 Å². The second-order valence-electron chi connectivity index (χ2n) is 4.92. The molecule has 0 aliphatic rings. The van der Waals surface area contributed by atoms with Crippen molar-refractivity contribution in [3.05, 3.63) is 0 Å². The molecule has 2 amide bonds. The number of carboxylic acids is 1. The fraction of sp³-hybridized carbons (Fsp3) is 0.846. The van der Waals surface area contributed by atoms with Crippen LogP contribution in [0.4, 0.5) is 4.79 Å². The number of carbonyl (C=O) groups excluding carboxylic acids is 1. The smallest absolute Gasteiger partial charge is 0.326 e. The first-order chi connectivity index (χ1) is 8.42. The maximum atomic E-state index is 11.9. The van der Waals surface area contributed by atoms with Crippen molar-refractivity contribution in [2.45, 2.75) is 53.0 Å². The van der Waals surface area contributed by atoms with Crippen LogP contribution in [0.15, 0.2) is 0 Å². The zero-order chi connectivity index (χ0) is 14.1. The summed E-state index contributed by atoms with van der Waals surface area (Å²) in [5.74, 6) is -0.591. The Morgan fingerprint density at radius 2 is 1.89 bits per heavy atom. The van der Waals surface area contributed by atoms with Crippen LogP contribution in [0, 0.1) is 5.92 Å². The normalized spacial score (nSPS) is 12.3. The Bertz CT molecular complexity index is 267. The number of rotatable bonds is 8. The highest BCUT2D eigenvalue weighted by molar-refractivity contribution is 5.82. The van der Waals surface area contributed by atoms with Gasteiger partial charge in [0.05, 0.1) is 0 Å². The van der Waals surface area contributed by atoms with Crippen molar-refractivity contribution in [2.24, 2.45) is 5.92 Å². The lowest BCUT2D eigenvalue weighted by atomic mass is 10.1. The minimum absolute atomic E-state index is 0.283. The van der Waals surface area contributed by atoms with E-state index in [9.17, 15) is 9.59 Å². The standard InChI is InChI=1S/C13H26N2O3/c1-5-7-8-11(12(16)17)14-13(18)15(6-2)9-10(3)4/h10-11H,5-9H2,1-4H3,(H,14,18)(H,16,17)/t11-/m0/s1. The van der Waals surface area contributed by atoms with Gasteiger partial charge in [-0.2, -0.15) is 0 Å². The van der Waals surface area contributed by atoms with Crippen molar-refractivity contribution in [2.75, 3.05) is 13.1 Å². The van der Waals surface area contributed by atoms with E-state index in [4.69, 9.17) is 5.11 Å². The molecule has 0 spiro atoms. The van der Waals surface area contributed by atoms with Crippen LogP contribution in [0.3, 0.4) is 0 Å². The second kappa shape index (κ2) is 8.78. The number of carboxylic acid groups (broad SMARTS) is 1. The van der Waals surface area contributed by atoms with Gasteiger partial charge in [0.1, 0.15) is 6.04 Å². The molecule has 0 radical (unpaired) electrons. The molecule has 0 aromatic carbocycles. The largest absolute Gasteiger partial charge is 0.480 e. The molecule has 0 aliphatic heterocycles. The number of nitrogens with zero attached hydrogens (tertiary/aromatic N) is 1. The molecule has 0 bridgehead atoms. The van der Waals surface area contributed by atoms with Gasteiger partial charge in [-0.25, -0.2) is 9.59 Å². The van der Waals surface area contributed by atoms with Crippen LogP contribution < -0.4 is 5.32 Å². The minimum Gasteiger partial charge on any atom is -0.480 e. The van der Waals surface area contributed by atoms with Crippen LogP contribution in [-0.2, 0) is 4.79 Å². The molecular weight excluding hydrogens is 232 g/mol. The number of aliphatic carboxylic acids is 1. The number of unbranched alkanes of at least 4 members (excludes halogenated alkanes) is 1. The van der Waals surface area contributed by atoms with E-state index in [2.05, 4.69) is 5.32 Å². The number of carbonyl (C=O) groups is 2. The van der Waals surface area contributed by atoms with Crippen molar-refractivity contribution >= 4 is 12.0 Å². The van der Waals surface area contributed by atoms with Crippen LogP contribution in [0.25, 0.3) is 0 Å². The average Bonchev–Trinajstić information content (AvgIpc) is 2.30. The minimum atomic E-state index is -0.961. The van der Waals surface area contributed by atoms with Crippen LogP contribution in [0.2, 0.25) is 0 Å². The summed E-state index contributed by atoms with van der Waals surface area (Å²) in [6.45, 7) is 9.18. The molecule has 0 aliphatic carbocycles. The second-order valence-corrected chi connectivity index (χ2v) is 4.92. The maximum Gasteiger partial charge on any atom is 0.326 e. The molecule has 0 heterocycles. The van der Waals surface area contributed by atoms with E-state index >= 15 is 0 Å². The Balaban J connectivity index is 4.41. The molecule has 0 aromatic rings. The highest BCUT2D eigenvalue weighted by Gasteiger charge is 2.22. The first-order valence-electron chi connectivity index (χ1n) is 6.70. The van der Waals surface area contributed by atoms with Crippen molar-refractivity contribution in [3.63, 3.8) is 0 Å². The zero-order valence-electron chi connectivity index (χ0n) is 11.9. The van der Waals surface area contributed by atoms with Crippen LogP contribution >= 0.6 is 0 Å². The van der Waals surface area contributed by atoms with Gasteiger partial charge in [-0.15, -0.1) is 0 Å². The summed E-state index contributed by atoms with van der Waals surface area (Å²) < 4.78 is 0. The molecule has 0 unspecified atom stereocenters. The predicted molar refractivity (Wildman–Crippen MR) is 71.6 cm³/mol. The van der Waals surface area contributed by atoms with Crippen molar-refractivity contribution in [3.8, 4) is 0 Å². The first-order valence-corrected chi connectivity index (χ1v) is 6.70. The summed E-state index contributed by atoms with van der Waals surface area (Å²) in [5, 5.41) is 11.6. The maximum absolute atomic E-state index is 11.9. The zero-order valence-corrected chi connectivity index (χ0v) is 11.9. The summed E-state index contributed by atoms with van der Waals surface area (Å²) in [7, 11) is 0. The average molecular weight is 258 g/mol. The Hall–Kier alpha value is -1.26. The third-order valence-electron chi connectivity index (χ3n) is 2.70. The highest BCUT2D eigenvalue weighted by atomic mass is 16.4. The highest BCUT2D eigenvalue weighted by Crippen LogP contribution is 2.04. The SMILES string of the molecule is CCCC[C@H](NC(=O)N(CC)CC(C)C)C(=O)O. The van der Waals surface area contributed by atoms with Crippen molar-refractivity contribution in [1.82, 2.24) is 10.2 Å². The van der Waals surface area contributed by atoms with Gasteiger partial charge in [0.2, 0.25) is 0 Å². The predicted octanol–water partition coefficient (Wildman–Crippen LogP) is 2.32. The lowest BCUT2D eigenvalue weighted by Crippen LogP contribution is -2.48. The topological polar surface area (TPSA) is 69.6 Å². The molecule has 5 heteroatoms. The van der Waals surface area contributed by atoms with Gasteiger partial charge >= 0.3 is 12.0 Å². The van der Waals surface area contributed by atoms with Crippen molar-refractivity contribution < 1.29 is 14.7 Å². The molecule has 0 saturated heterocycles. The molecule has 2 N–H and O–H groups in total. The first kappa shape index (κ1) is 16.7. The summed E-state index contributed by atoms with van der Waals surface area (Å²) in [4.78, 5) is 24.6. The molecule has 0 saturated carbocycles. The van der Waals surface area contributed by atoms with Crippen molar-refractivity contribution in [1.29, 1.82) is 0 Å². The van der Waals surface area contributed by atoms with Gasteiger partial charge in [0, 0.05) is 13.1 Å². The third kappa shape index (κ3) is 6.47. The Morgan fingerprint density at radius 1 is 1.28 bits per heavy atom. The number of amides is 2. The molecular formula is C13H26N2O3. The van der Waals surface area contributed by atoms with E-state index in [1.54, 1.807) is 4.90 Å². The monoisotopic (exact) mass is 258 g/mol. The Kier molecular flexibility index (Phi) is 8.16. The lowest BCUT2D eigenvalue weighted by Gasteiger charge is -2.25. The number of urea groups is 1. The van der Waals surface area contributed by atoms with Gasteiger partial charge in [-0.3, -0.25) is 0 Å². The number of nitrogens with one attached hydrogen (secondary N) is 1.